The molecule has 6 heteroatoms. The largest absolute Gasteiger partial charge is 0.394 e. The number of carbonyl (C=O) groups excluding carboxylic acids is 1. The summed E-state index contributed by atoms with van der Waals surface area (Å²) in [4.78, 5) is 11.8. The van der Waals surface area contributed by atoms with Crippen LogP contribution in [0.25, 0.3) is 0 Å². The van der Waals surface area contributed by atoms with Crippen LogP contribution in [0, 0.1) is 0 Å². The molecule has 3 N–H and O–H groups in total. The fourth-order valence-corrected chi connectivity index (χ4v) is 1.73. The molecule has 0 aromatic heterocycles. The Morgan fingerprint density at radius 3 is 2.88 bits per heavy atom. The van der Waals surface area contributed by atoms with Gasteiger partial charge in [0.05, 0.1) is 31.4 Å². The van der Waals surface area contributed by atoms with Crippen molar-refractivity contribution in [1.29, 1.82) is 0 Å². The second-order valence-electron chi connectivity index (χ2n) is 3.90. The highest BCUT2D eigenvalue weighted by atomic mass is 16.5. The minimum Gasteiger partial charge on any atom is -0.394 e. The van der Waals surface area contributed by atoms with E-state index in [9.17, 15) is 4.79 Å². The van der Waals surface area contributed by atoms with Crippen molar-refractivity contribution in [3.8, 4) is 0 Å². The Morgan fingerprint density at radius 2 is 2.38 bits per heavy atom. The van der Waals surface area contributed by atoms with Gasteiger partial charge in [0.15, 0.2) is 0 Å². The van der Waals surface area contributed by atoms with Gasteiger partial charge in [0, 0.05) is 20.8 Å². The number of aliphatic hydroxyl groups excluding tert-OH is 1. The smallest absolute Gasteiger partial charge is 0.237 e. The van der Waals surface area contributed by atoms with Crippen LogP contribution in [0.3, 0.4) is 0 Å². The van der Waals surface area contributed by atoms with E-state index in [4.69, 9.17) is 14.6 Å². The van der Waals surface area contributed by atoms with Crippen LogP contribution >= 0.6 is 0 Å². The minimum atomic E-state index is -0.346. The molecule has 6 nitrogen and oxygen atoms in total. The first kappa shape index (κ1) is 13.4. The minimum absolute atomic E-state index is 0.0887. The number of methoxy groups -OCH3 is 2. The van der Waals surface area contributed by atoms with Gasteiger partial charge < -0.3 is 25.2 Å². The zero-order valence-corrected chi connectivity index (χ0v) is 9.73. The van der Waals surface area contributed by atoms with E-state index in [-0.39, 0.29) is 30.7 Å². The van der Waals surface area contributed by atoms with Gasteiger partial charge in [0.1, 0.15) is 0 Å². The number of carbonyl (C=O) groups is 1. The summed E-state index contributed by atoms with van der Waals surface area (Å²) in [6.45, 7) is 0.866. The monoisotopic (exact) mass is 232 g/mol. The molecule has 0 bridgehead atoms. The molecule has 3 atom stereocenters. The average molecular weight is 232 g/mol. The van der Waals surface area contributed by atoms with Crippen molar-refractivity contribution in [3.05, 3.63) is 0 Å². The van der Waals surface area contributed by atoms with E-state index in [0.29, 0.717) is 19.6 Å². The van der Waals surface area contributed by atoms with Crippen LogP contribution in [-0.2, 0) is 14.3 Å². The molecule has 1 fully saturated rings. The Balaban J connectivity index is 2.34. The average Bonchev–Trinajstić information content (AvgIpc) is 2.76. The van der Waals surface area contributed by atoms with Crippen LogP contribution in [0.1, 0.15) is 6.42 Å². The normalized spacial score (nSPS) is 26.7. The van der Waals surface area contributed by atoms with Gasteiger partial charge in [-0.05, 0) is 6.42 Å². The van der Waals surface area contributed by atoms with Crippen molar-refractivity contribution in [2.24, 2.45) is 0 Å². The third-order valence-electron chi connectivity index (χ3n) is 2.67. The molecule has 1 aliphatic rings. The molecule has 0 aliphatic carbocycles. The van der Waals surface area contributed by atoms with E-state index in [1.807, 2.05) is 0 Å². The van der Waals surface area contributed by atoms with Gasteiger partial charge in [-0.25, -0.2) is 0 Å². The van der Waals surface area contributed by atoms with Crippen molar-refractivity contribution in [2.45, 2.75) is 24.6 Å². The number of aliphatic hydroxyl groups is 1. The summed E-state index contributed by atoms with van der Waals surface area (Å²) < 4.78 is 10.0. The van der Waals surface area contributed by atoms with Crippen LogP contribution in [0.4, 0.5) is 0 Å². The third-order valence-corrected chi connectivity index (χ3v) is 2.67. The quantitative estimate of drug-likeness (QED) is 0.518. The summed E-state index contributed by atoms with van der Waals surface area (Å²) >= 11 is 0. The first-order valence-corrected chi connectivity index (χ1v) is 5.37. The lowest BCUT2D eigenvalue weighted by Gasteiger charge is -2.18. The maximum atomic E-state index is 11.8. The molecule has 0 aromatic rings. The molecule has 0 spiro atoms. The second kappa shape index (κ2) is 6.80. The molecule has 0 saturated carbocycles. The van der Waals surface area contributed by atoms with Gasteiger partial charge in [0.2, 0.25) is 5.91 Å². The maximum absolute atomic E-state index is 11.8. The Kier molecular flexibility index (Phi) is 5.68. The Morgan fingerprint density at radius 1 is 1.62 bits per heavy atom. The van der Waals surface area contributed by atoms with E-state index in [1.54, 1.807) is 7.11 Å². The van der Waals surface area contributed by atoms with E-state index >= 15 is 0 Å². The van der Waals surface area contributed by atoms with Crippen LogP contribution in [-0.4, -0.2) is 63.2 Å². The van der Waals surface area contributed by atoms with Gasteiger partial charge in [0.25, 0.3) is 0 Å². The lowest BCUT2D eigenvalue weighted by molar-refractivity contribution is -0.124. The molecule has 16 heavy (non-hydrogen) atoms. The molecule has 1 heterocycles. The fraction of sp³-hybridized carbons (Fsp3) is 0.900. The van der Waals surface area contributed by atoms with Gasteiger partial charge in [-0.15, -0.1) is 0 Å². The Bertz CT molecular complexity index is 225. The fourth-order valence-electron chi connectivity index (χ4n) is 1.73. The van der Waals surface area contributed by atoms with Crippen LogP contribution in [0.15, 0.2) is 0 Å². The standard InChI is InChI=1S/C10H20N2O4/c1-15-6-7(5-13)12-10(14)9-3-8(16-2)4-11-9/h7-9,11,13H,3-6H2,1-2H3,(H,12,14). The molecule has 3 unspecified atom stereocenters. The molecular weight excluding hydrogens is 212 g/mol. The summed E-state index contributed by atoms with van der Waals surface area (Å²) in [5, 5.41) is 14.8. The second-order valence-corrected chi connectivity index (χ2v) is 3.90. The number of nitrogens with one attached hydrogen (secondary N) is 2. The van der Waals surface area contributed by atoms with E-state index in [1.165, 1.54) is 7.11 Å². The summed E-state index contributed by atoms with van der Waals surface area (Å²) in [6.07, 6.45) is 0.749. The van der Waals surface area contributed by atoms with Crippen molar-refractivity contribution in [3.63, 3.8) is 0 Å². The van der Waals surface area contributed by atoms with Crippen LogP contribution < -0.4 is 10.6 Å². The van der Waals surface area contributed by atoms with Gasteiger partial charge >= 0.3 is 0 Å². The first-order valence-electron chi connectivity index (χ1n) is 5.37. The Hall–Kier alpha value is -0.690. The summed E-state index contributed by atoms with van der Waals surface area (Å²) in [6, 6.07) is -0.586. The van der Waals surface area contributed by atoms with Crippen molar-refractivity contribution >= 4 is 5.91 Å². The van der Waals surface area contributed by atoms with Gasteiger partial charge in [-0.3, -0.25) is 4.79 Å². The molecular formula is C10H20N2O4. The summed E-state index contributed by atoms with van der Waals surface area (Å²) in [5.74, 6) is -0.115. The predicted octanol–water partition coefficient (Wildman–Crippen LogP) is -1.51. The molecule has 1 aliphatic heterocycles. The van der Waals surface area contributed by atoms with E-state index in [2.05, 4.69) is 10.6 Å². The highest BCUT2D eigenvalue weighted by Crippen LogP contribution is 2.09. The zero-order chi connectivity index (χ0) is 12.0. The number of amides is 1. The molecule has 1 saturated heterocycles. The number of hydrogen-bond acceptors (Lipinski definition) is 5. The number of rotatable bonds is 6. The first-order chi connectivity index (χ1) is 7.71. The van der Waals surface area contributed by atoms with Gasteiger partial charge in [-0.2, -0.15) is 0 Å². The highest BCUT2D eigenvalue weighted by molar-refractivity contribution is 5.82. The SMILES string of the molecule is COCC(CO)NC(=O)C1CC(OC)CN1. The predicted molar refractivity (Wildman–Crippen MR) is 58.1 cm³/mol. The van der Waals surface area contributed by atoms with E-state index in [0.717, 1.165) is 0 Å². The topological polar surface area (TPSA) is 79.8 Å². The van der Waals surface area contributed by atoms with Crippen LogP contribution in [0.2, 0.25) is 0 Å². The molecule has 0 radical (unpaired) electrons. The summed E-state index contributed by atoms with van der Waals surface area (Å²) in [5.41, 5.74) is 0. The molecule has 94 valence electrons. The lowest BCUT2D eigenvalue weighted by atomic mass is 10.2. The molecule has 0 aromatic carbocycles. The zero-order valence-electron chi connectivity index (χ0n) is 9.73. The lowest BCUT2D eigenvalue weighted by Crippen LogP contribution is -2.48. The Labute approximate surface area is 95.3 Å². The van der Waals surface area contributed by atoms with Crippen molar-refractivity contribution in [1.82, 2.24) is 10.6 Å². The van der Waals surface area contributed by atoms with Gasteiger partial charge in [-0.1, -0.05) is 0 Å². The van der Waals surface area contributed by atoms with E-state index < -0.39 is 0 Å². The number of hydrogen-bond donors (Lipinski definition) is 3. The highest BCUT2D eigenvalue weighted by Gasteiger charge is 2.30. The van der Waals surface area contributed by atoms with Crippen LogP contribution in [0.5, 0.6) is 0 Å². The maximum Gasteiger partial charge on any atom is 0.237 e. The third kappa shape index (κ3) is 3.71. The van der Waals surface area contributed by atoms with Crippen molar-refractivity contribution in [2.75, 3.05) is 34.0 Å². The molecule has 1 amide bonds. The molecule has 1 rings (SSSR count). The number of ether oxygens (including phenoxy) is 2. The summed E-state index contributed by atoms with van der Waals surface area (Å²) in [7, 11) is 3.16. The van der Waals surface area contributed by atoms with Crippen molar-refractivity contribution < 1.29 is 19.4 Å².